The molecule has 0 bridgehead atoms. The number of aryl methyl sites for hydroxylation is 1. The second-order valence-electron chi connectivity index (χ2n) is 13.3. The maximum atomic E-state index is 2.54. The molecular weight excluding hydrogens is 579 g/mol. The molecule has 0 fully saturated rings. The highest BCUT2D eigenvalue weighted by Gasteiger charge is 2.42. The van der Waals surface area contributed by atoms with Crippen LogP contribution in [0.2, 0.25) is 0 Å². The van der Waals surface area contributed by atoms with Gasteiger partial charge in [-0.15, -0.1) is 0 Å². The van der Waals surface area contributed by atoms with Crippen LogP contribution in [-0.4, -0.2) is 14.8 Å². The molecule has 47 heavy (non-hydrogen) atoms. The second-order valence-corrected chi connectivity index (χ2v) is 17.1. The molecule has 0 spiro atoms. The Balaban J connectivity index is 1.30. The van der Waals surface area contributed by atoms with Crippen LogP contribution in [0.15, 0.2) is 170 Å². The third-order valence-corrected chi connectivity index (χ3v) is 15.4. The minimum absolute atomic E-state index is 0.285. The molecule has 2 aliphatic heterocycles. The standard InChI is InChI=1S/C45H35BSi/c1-32-14-12-22-39(28-32)47(37-18-4-2-5-19-37,38-20-6-3-7-21-38)40-23-13-17-33(30-40)41-27-26-36-29-34-15-8-10-24-43(34)46-44-25-11-9-16-35(44)31-42(41)45(36)46/h2-28,30H,29,31H2,1H3. The first-order valence-electron chi connectivity index (χ1n) is 16.8. The molecule has 0 saturated heterocycles. The summed E-state index contributed by atoms with van der Waals surface area (Å²) in [6.07, 6.45) is 1.97. The highest BCUT2D eigenvalue weighted by Crippen LogP contribution is 2.31. The minimum atomic E-state index is -2.66. The van der Waals surface area contributed by atoms with E-state index in [1.807, 2.05) is 0 Å². The van der Waals surface area contributed by atoms with Gasteiger partial charge in [-0.05, 0) is 73.9 Å². The van der Waals surface area contributed by atoms with Crippen LogP contribution in [0.4, 0.5) is 0 Å². The Labute approximate surface area is 279 Å². The molecule has 0 saturated carbocycles. The van der Waals surface area contributed by atoms with Gasteiger partial charge in [0, 0.05) is 0 Å². The fourth-order valence-electron chi connectivity index (χ4n) is 8.69. The lowest BCUT2D eigenvalue weighted by Gasteiger charge is -2.36. The largest absolute Gasteiger partial charge is 0.242 e. The lowest BCUT2D eigenvalue weighted by atomic mass is 9.30. The van der Waals surface area contributed by atoms with Crippen molar-refractivity contribution in [3.05, 3.63) is 198 Å². The topological polar surface area (TPSA) is 0 Å². The number of hydrogen-bond donors (Lipinski definition) is 0. The molecule has 0 unspecified atom stereocenters. The first-order chi connectivity index (χ1) is 23.2. The van der Waals surface area contributed by atoms with E-state index in [0.29, 0.717) is 0 Å². The Kier molecular flexibility index (Phi) is 6.73. The molecule has 0 atom stereocenters. The van der Waals surface area contributed by atoms with E-state index in [0.717, 1.165) is 12.8 Å². The fraction of sp³-hybridized carbons (Fsp3) is 0.0667. The zero-order valence-electron chi connectivity index (χ0n) is 26.7. The number of benzene rings is 7. The van der Waals surface area contributed by atoms with Gasteiger partial charge in [0.1, 0.15) is 0 Å². The Morgan fingerprint density at radius 2 is 1.00 bits per heavy atom. The van der Waals surface area contributed by atoms with Gasteiger partial charge in [-0.3, -0.25) is 0 Å². The van der Waals surface area contributed by atoms with Crippen LogP contribution < -0.4 is 37.1 Å². The third kappa shape index (κ3) is 4.43. The van der Waals surface area contributed by atoms with Gasteiger partial charge in [0.05, 0.1) is 0 Å². The molecular formula is C45H35BSi. The van der Waals surface area contributed by atoms with Crippen LogP contribution in [-0.2, 0) is 12.8 Å². The molecule has 0 N–H and O–H groups in total. The quantitative estimate of drug-likeness (QED) is 0.181. The second kappa shape index (κ2) is 11.3. The molecule has 0 aromatic heterocycles. The van der Waals surface area contributed by atoms with Crippen molar-refractivity contribution in [2.75, 3.05) is 0 Å². The normalized spacial score (nSPS) is 13.0. The van der Waals surface area contributed by atoms with E-state index in [4.69, 9.17) is 0 Å². The molecule has 2 heteroatoms. The van der Waals surface area contributed by atoms with E-state index in [-0.39, 0.29) is 6.71 Å². The molecule has 7 aromatic carbocycles. The summed E-state index contributed by atoms with van der Waals surface area (Å²) in [5.41, 5.74) is 14.4. The lowest BCUT2D eigenvalue weighted by molar-refractivity contribution is 1.15. The van der Waals surface area contributed by atoms with Gasteiger partial charge in [0.25, 0.3) is 0 Å². The molecule has 9 rings (SSSR count). The maximum absolute atomic E-state index is 2.66. The van der Waals surface area contributed by atoms with Gasteiger partial charge >= 0.3 is 0 Å². The Morgan fingerprint density at radius 3 is 1.66 bits per heavy atom. The fourth-order valence-corrected chi connectivity index (χ4v) is 13.6. The van der Waals surface area contributed by atoms with Crippen molar-refractivity contribution in [3.63, 3.8) is 0 Å². The summed E-state index contributed by atoms with van der Waals surface area (Å²) in [5, 5.41) is 5.66. The van der Waals surface area contributed by atoms with Gasteiger partial charge in [0.15, 0.2) is 8.07 Å². The van der Waals surface area contributed by atoms with Gasteiger partial charge in [0.2, 0.25) is 6.71 Å². The number of rotatable bonds is 5. The van der Waals surface area contributed by atoms with Gasteiger partial charge in [-0.25, -0.2) is 0 Å². The van der Waals surface area contributed by atoms with Gasteiger partial charge < -0.3 is 0 Å². The molecule has 0 radical (unpaired) electrons. The molecule has 2 heterocycles. The van der Waals surface area contributed by atoms with Crippen molar-refractivity contribution >= 4 is 51.9 Å². The van der Waals surface area contributed by atoms with Crippen molar-refractivity contribution in [3.8, 4) is 11.1 Å². The average Bonchev–Trinajstić information content (AvgIpc) is 3.13. The smallest absolute Gasteiger partial charge is 0.0667 e. The third-order valence-electron chi connectivity index (χ3n) is 10.7. The van der Waals surface area contributed by atoms with Crippen molar-refractivity contribution in [1.29, 1.82) is 0 Å². The first-order valence-corrected chi connectivity index (χ1v) is 18.8. The number of hydrogen-bond acceptors (Lipinski definition) is 0. The van der Waals surface area contributed by atoms with E-state index >= 15 is 0 Å². The zero-order chi connectivity index (χ0) is 31.4. The van der Waals surface area contributed by atoms with Crippen LogP contribution in [0.5, 0.6) is 0 Å². The van der Waals surface area contributed by atoms with Crippen LogP contribution in [0.3, 0.4) is 0 Å². The van der Waals surface area contributed by atoms with Crippen LogP contribution >= 0.6 is 0 Å². The monoisotopic (exact) mass is 614 g/mol. The number of fused-ring (bicyclic) bond motifs is 4. The summed E-state index contributed by atoms with van der Waals surface area (Å²) in [7, 11) is -2.66. The SMILES string of the molecule is Cc1cccc([Si](c2ccccc2)(c2ccccc2)c2cccc(-c3ccc4c5c3Cc3ccccc3B5c3ccccc3C4)c2)c1. The molecule has 222 valence electrons. The molecule has 0 nitrogen and oxygen atoms in total. The van der Waals surface area contributed by atoms with Gasteiger partial charge in [-0.2, -0.15) is 0 Å². The van der Waals surface area contributed by atoms with E-state index in [9.17, 15) is 0 Å². The lowest BCUT2D eigenvalue weighted by Crippen LogP contribution is -2.74. The average molecular weight is 615 g/mol. The predicted molar refractivity (Wildman–Crippen MR) is 203 cm³/mol. The maximum Gasteiger partial charge on any atom is 0.242 e. The van der Waals surface area contributed by atoms with Crippen LogP contribution in [0.1, 0.15) is 27.8 Å². The van der Waals surface area contributed by atoms with Gasteiger partial charge in [-0.1, -0.05) is 192 Å². The summed E-state index contributed by atoms with van der Waals surface area (Å²) >= 11 is 0. The highest BCUT2D eigenvalue weighted by atomic mass is 28.3. The molecule has 0 amide bonds. The Hall–Kier alpha value is -5.18. The van der Waals surface area contributed by atoms with Crippen molar-refractivity contribution in [1.82, 2.24) is 0 Å². The van der Waals surface area contributed by atoms with Crippen molar-refractivity contribution < 1.29 is 0 Å². The Morgan fingerprint density at radius 1 is 0.447 bits per heavy atom. The Bertz CT molecular complexity index is 2220. The summed E-state index contributed by atoms with van der Waals surface area (Å²) < 4.78 is 0. The molecule has 7 aromatic rings. The zero-order valence-corrected chi connectivity index (χ0v) is 27.7. The first kappa shape index (κ1) is 28.1. The van der Waals surface area contributed by atoms with Crippen LogP contribution in [0.25, 0.3) is 11.1 Å². The van der Waals surface area contributed by atoms with E-state index in [1.54, 1.807) is 5.46 Å². The molecule has 0 aliphatic carbocycles. The van der Waals surface area contributed by atoms with Crippen molar-refractivity contribution in [2.45, 2.75) is 19.8 Å². The van der Waals surface area contributed by atoms with Crippen molar-refractivity contribution in [2.24, 2.45) is 0 Å². The summed E-state index contributed by atoms with van der Waals surface area (Å²) in [4.78, 5) is 0. The summed E-state index contributed by atoms with van der Waals surface area (Å²) in [6.45, 7) is 2.51. The van der Waals surface area contributed by atoms with Crippen LogP contribution in [0, 0.1) is 6.92 Å². The summed E-state index contributed by atoms with van der Waals surface area (Å²) in [6, 6.07) is 64.5. The highest BCUT2D eigenvalue weighted by molar-refractivity contribution is 7.20. The van der Waals surface area contributed by atoms with E-state index < -0.39 is 8.07 Å². The predicted octanol–water partition coefficient (Wildman–Crippen LogP) is 5.36. The molecule has 2 aliphatic rings. The minimum Gasteiger partial charge on any atom is -0.0667 e. The van der Waals surface area contributed by atoms with E-state index in [1.165, 1.54) is 70.6 Å². The summed E-state index contributed by atoms with van der Waals surface area (Å²) in [5.74, 6) is 0. The van der Waals surface area contributed by atoms with E-state index in [2.05, 4.69) is 177 Å².